The molecule has 1 atom stereocenters. The molecule has 0 saturated carbocycles. The molecule has 20 heavy (non-hydrogen) atoms. The van der Waals surface area contributed by atoms with E-state index in [1.807, 2.05) is 24.3 Å². The number of aryl methyl sites for hydroxylation is 1. The van der Waals surface area contributed by atoms with Crippen LogP contribution in [-0.2, 0) is 0 Å². The Morgan fingerprint density at radius 1 is 1.30 bits per heavy atom. The summed E-state index contributed by atoms with van der Waals surface area (Å²) in [5.41, 5.74) is 1.19. The number of hydrogen-bond donors (Lipinski definition) is 0. The normalized spacial score (nSPS) is 16.8. The lowest BCUT2D eigenvalue weighted by atomic mass is 10.1. The number of rotatable bonds is 2. The topological polar surface area (TPSA) is 61.3 Å². The Hall–Kier alpha value is -2.43. The number of hydrogen-bond acceptors (Lipinski definition) is 5. The van der Waals surface area contributed by atoms with Gasteiger partial charge in [0.15, 0.2) is 29.2 Å². The van der Waals surface area contributed by atoms with Crippen molar-refractivity contribution < 1.29 is 14.3 Å². The van der Waals surface area contributed by atoms with Crippen LogP contribution < -0.4 is 9.47 Å². The molecule has 5 heteroatoms. The molecular formula is C15H14N2O3. The Balaban J connectivity index is 1.88. The van der Waals surface area contributed by atoms with Crippen molar-refractivity contribution in [1.82, 2.24) is 9.97 Å². The van der Waals surface area contributed by atoms with Crippen LogP contribution >= 0.6 is 0 Å². The van der Waals surface area contributed by atoms with E-state index in [2.05, 4.69) is 9.97 Å². The summed E-state index contributed by atoms with van der Waals surface area (Å²) in [5, 5.41) is 0. The molecule has 0 spiro atoms. The maximum absolute atomic E-state index is 11.4. The van der Waals surface area contributed by atoms with Crippen LogP contribution in [0.5, 0.6) is 11.5 Å². The molecule has 2 heterocycles. The maximum atomic E-state index is 11.4. The minimum Gasteiger partial charge on any atom is -0.485 e. The van der Waals surface area contributed by atoms with Crippen molar-refractivity contribution in [1.29, 1.82) is 0 Å². The Labute approximate surface area is 116 Å². The van der Waals surface area contributed by atoms with Gasteiger partial charge in [0.2, 0.25) is 0 Å². The van der Waals surface area contributed by atoms with Gasteiger partial charge in [-0.15, -0.1) is 0 Å². The second kappa shape index (κ2) is 4.92. The second-order valence-electron chi connectivity index (χ2n) is 4.65. The van der Waals surface area contributed by atoms with E-state index in [4.69, 9.17) is 9.47 Å². The first kappa shape index (κ1) is 12.6. The predicted molar refractivity (Wildman–Crippen MR) is 72.1 cm³/mol. The number of carbonyl (C=O) groups is 1. The number of benzene rings is 1. The van der Waals surface area contributed by atoms with Gasteiger partial charge in [-0.2, -0.15) is 0 Å². The third kappa shape index (κ3) is 2.22. The van der Waals surface area contributed by atoms with Gasteiger partial charge < -0.3 is 9.47 Å². The first-order valence-corrected chi connectivity index (χ1v) is 6.38. The van der Waals surface area contributed by atoms with Gasteiger partial charge in [0.05, 0.1) is 11.3 Å². The third-order valence-corrected chi connectivity index (χ3v) is 3.17. The minimum absolute atomic E-state index is 0.0415. The van der Waals surface area contributed by atoms with Crippen LogP contribution in [0.1, 0.15) is 34.9 Å². The summed E-state index contributed by atoms with van der Waals surface area (Å²) in [4.78, 5) is 20.0. The minimum atomic E-state index is -0.357. The molecule has 0 fully saturated rings. The average Bonchev–Trinajstić information content (AvgIpc) is 2.46. The maximum Gasteiger partial charge on any atom is 0.192 e. The molecule has 5 nitrogen and oxygen atoms in total. The zero-order chi connectivity index (χ0) is 14.1. The molecule has 0 saturated heterocycles. The Bertz CT molecular complexity index is 670. The third-order valence-electron chi connectivity index (χ3n) is 3.17. The van der Waals surface area contributed by atoms with Gasteiger partial charge in [-0.25, -0.2) is 9.97 Å². The standard InChI is InChI=1S/C15H14N2O3/c1-9-11(10(2)18)7-16-15(17-9)14-8-19-12-5-3-4-6-13(12)20-14/h3-7,14H,8H2,1-2H3. The molecular weight excluding hydrogens is 256 g/mol. The number of nitrogens with zero attached hydrogens (tertiary/aromatic N) is 2. The van der Waals surface area contributed by atoms with Gasteiger partial charge in [-0.3, -0.25) is 4.79 Å². The van der Waals surface area contributed by atoms with E-state index in [9.17, 15) is 4.79 Å². The van der Waals surface area contributed by atoms with Crippen molar-refractivity contribution >= 4 is 5.78 Å². The Kier molecular flexibility index (Phi) is 3.10. The van der Waals surface area contributed by atoms with Gasteiger partial charge in [0.25, 0.3) is 0 Å². The van der Waals surface area contributed by atoms with E-state index in [1.54, 1.807) is 13.1 Å². The van der Waals surface area contributed by atoms with Crippen molar-refractivity contribution in [2.24, 2.45) is 0 Å². The van der Waals surface area contributed by atoms with Crippen LogP contribution in [0.15, 0.2) is 30.5 Å². The van der Waals surface area contributed by atoms with Crippen molar-refractivity contribution in [2.75, 3.05) is 6.61 Å². The summed E-state index contributed by atoms with van der Waals surface area (Å²) in [6, 6.07) is 7.48. The molecule has 0 N–H and O–H groups in total. The monoisotopic (exact) mass is 270 g/mol. The largest absolute Gasteiger partial charge is 0.485 e. The highest BCUT2D eigenvalue weighted by Gasteiger charge is 2.25. The summed E-state index contributed by atoms with van der Waals surface area (Å²) in [7, 11) is 0. The van der Waals surface area contributed by atoms with Crippen LogP contribution in [0, 0.1) is 6.92 Å². The number of carbonyl (C=O) groups excluding carboxylic acids is 1. The number of ether oxygens (including phenoxy) is 2. The highest BCUT2D eigenvalue weighted by atomic mass is 16.6. The Morgan fingerprint density at radius 3 is 2.75 bits per heavy atom. The van der Waals surface area contributed by atoms with Crippen molar-refractivity contribution in [3.8, 4) is 11.5 Å². The molecule has 1 aromatic carbocycles. The molecule has 0 radical (unpaired) electrons. The number of Topliss-reactive ketones (excluding diaryl/α,β-unsaturated/α-hetero) is 1. The lowest BCUT2D eigenvalue weighted by molar-refractivity contribution is 0.0847. The van der Waals surface area contributed by atoms with Crippen LogP contribution in [0.4, 0.5) is 0 Å². The van der Waals surface area contributed by atoms with Crippen LogP contribution in [-0.4, -0.2) is 22.4 Å². The molecule has 3 rings (SSSR count). The highest BCUT2D eigenvalue weighted by Crippen LogP contribution is 2.34. The summed E-state index contributed by atoms with van der Waals surface area (Å²) in [6.07, 6.45) is 1.19. The van der Waals surface area contributed by atoms with Gasteiger partial charge >= 0.3 is 0 Å². The van der Waals surface area contributed by atoms with E-state index in [0.717, 1.165) is 5.75 Å². The number of aromatic nitrogens is 2. The predicted octanol–water partition coefficient (Wildman–Crippen LogP) is 2.50. The molecule has 1 unspecified atom stereocenters. The quantitative estimate of drug-likeness (QED) is 0.785. The summed E-state index contributed by atoms with van der Waals surface area (Å²) < 4.78 is 11.5. The molecule has 1 aromatic heterocycles. The number of ketones is 1. The van der Waals surface area contributed by atoms with E-state index in [-0.39, 0.29) is 11.9 Å². The average molecular weight is 270 g/mol. The zero-order valence-corrected chi connectivity index (χ0v) is 11.3. The van der Waals surface area contributed by atoms with Gasteiger partial charge in [-0.05, 0) is 26.0 Å². The number of fused-ring (bicyclic) bond motifs is 1. The fourth-order valence-electron chi connectivity index (χ4n) is 2.13. The van der Waals surface area contributed by atoms with Gasteiger partial charge in [-0.1, -0.05) is 12.1 Å². The Morgan fingerprint density at radius 2 is 2.05 bits per heavy atom. The zero-order valence-electron chi connectivity index (χ0n) is 11.3. The first-order valence-electron chi connectivity index (χ1n) is 6.38. The van der Waals surface area contributed by atoms with Crippen LogP contribution in [0.2, 0.25) is 0 Å². The molecule has 2 aromatic rings. The van der Waals surface area contributed by atoms with Gasteiger partial charge in [0.1, 0.15) is 6.61 Å². The fraction of sp³-hybridized carbons (Fsp3) is 0.267. The first-order chi connectivity index (χ1) is 9.65. The molecule has 0 aliphatic carbocycles. The van der Waals surface area contributed by atoms with Gasteiger partial charge in [0, 0.05) is 6.20 Å². The smallest absolute Gasteiger partial charge is 0.192 e. The molecule has 0 bridgehead atoms. The van der Waals surface area contributed by atoms with Crippen molar-refractivity contribution in [2.45, 2.75) is 20.0 Å². The lowest BCUT2D eigenvalue weighted by Gasteiger charge is -2.25. The fourth-order valence-corrected chi connectivity index (χ4v) is 2.13. The molecule has 0 amide bonds. The van der Waals surface area contributed by atoms with Crippen molar-refractivity contribution in [3.05, 3.63) is 47.5 Å². The highest BCUT2D eigenvalue weighted by molar-refractivity contribution is 5.94. The SMILES string of the molecule is CC(=O)c1cnc(C2COc3ccccc3O2)nc1C. The van der Waals surface area contributed by atoms with Crippen molar-refractivity contribution in [3.63, 3.8) is 0 Å². The molecule has 1 aliphatic rings. The van der Waals surface area contributed by atoms with Crippen LogP contribution in [0.25, 0.3) is 0 Å². The van der Waals surface area contributed by atoms with Crippen LogP contribution in [0.3, 0.4) is 0 Å². The summed E-state index contributed by atoms with van der Waals surface area (Å²) in [6.45, 7) is 3.65. The van der Waals surface area contributed by atoms with E-state index in [1.165, 1.54) is 6.92 Å². The van der Waals surface area contributed by atoms with E-state index < -0.39 is 0 Å². The molecule has 1 aliphatic heterocycles. The number of para-hydroxylation sites is 2. The summed E-state index contributed by atoms with van der Waals surface area (Å²) >= 11 is 0. The second-order valence-corrected chi connectivity index (χ2v) is 4.65. The van der Waals surface area contributed by atoms with E-state index >= 15 is 0 Å². The lowest BCUT2D eigenvalue weighted by Crippen LogP contribution is -2.24. The summed E-state index contributed by atoms with van der Waals surface area (Å²) in [5.74, 6) is 1.89. The van der Waals surface area contributed by atoms with E-state index in [0.29, 0.717) is 29.4 Å². The molecule has 102 valence electrons.